The first kappa shape index (κ1) is 12.8. The Kier molecular flexibility index (Phi) is 3.26. The third kappa shape index (κ3) is 2.62. The summed E-state index contributed by atoms with van der Waals surface area (Å²) in [5, 5.41) is 15.1. The van der Waals surface area contributed by atoms with Crippen LogP contribution in [0.25, 0.3) is 5.78 Å². The van der Waals surface area contributed by atoms with E-state index >= 15 is 0 Å². The molecule has 0 amide bonds. The van der Waals surface area contributed by atoms with Crippen LogP contribution in [0.1, 0.15) is 0 Å². The molecule has 1 unspecified atom stereocenters. The number of hydrogen-bond donors (Lipinski definition) is 2. The van der Waals surface area contributed by atoms with Gasteiger partial charge < -0.3 is 10.4 Å². The number of fused-ring (bicyclic) bond motifs is 1. The van der Waals surface area contributed by atoms with Gasteiger partial charge in [0.1, 0.15) is 17.3 Å². The second-order valence-corrected chi connectivity index (χ2v) is 3.76. The quantitative estimate of drug-likeness (QED) is 0.825. The van der Waals surface area contributed by atoms with Gasteiger partial charge in [-0.05, 0) is 0 Å². The van der Waals surface area contributed by atoms with Gasteiger partial charge >= 0.3 is 6.18 Å². The van der Waals surface area contributed by atoms with E-state index in [1.54, 1.807) is 0 Å². The van der Waals surface area contributed by atoms with E-state index in [4.69, 9.17) is 16.7 Å². The summed E-state index contributed by atoms with van der Waals surface area (Å²) >= 11 is 5.67. The molecule has 0 fully saturated rings. The Morgan fingerprint density at radius 2 is 2.22 bits per heavy atom. The number of alkyl halides is 3. The maximum atomic E-state index is 12.1. The van der Waals surface area contributed by atoms with E-state index in [1.807, 2.05) is 0 Å². The molecule has 0 aliphatic rings. The van der Waals surface area contributed by atoms with Crippen molar-refractivity contribution in [2.45, 2.75) is 12.3 Å². The lowest BCUT2D eigenvalue weighted by Crippen LogP contribution is -2.35. The molecule has 1 atom stereocenters. The van der Waals surface area contributed by atoms with Gasteiger partial charge in [-0.2, -0.15) is 32.8 Å². The van der Waals surface area contributed by atoms with Crippen molar-refractivity contribution < 1.29 is 18.3 Å². The molecule has 0 radical (unpaired) electrons. The number of aromatic nitrogens is 4. The minimum atomic E-state index is -4.69. The molecule has 18 heavy (non-hydrogen) atoms. The Labute approximate surface area is 103 Å². The Morgan fingerprint density at radius 1 is 1.50 bits per heavy atom. The zero-order chi connectivity index (χ0) is 13.3. The fraction of sp³-hybridized carbons (Fsp3) is 0.375. The number of rotatable bonds is 3. The third-order valence-electron chi connectivity index (χ3n) is 2.07. The molecule has 6 nitrogen and oxygen atoms in total. The van der Waals surface area contributed by atoms with E-state index in [-0.39, 0.29) is 16.7 Å². The van der Waals surface area contributed by atoms with Crippen molar-refractivity contribution in [2.24, 2.45) is 0 Å². The summed E-state index contributed by atoms with van der Waals surface area (Å²) in [6.07, 6.45) is -5.99. The molecule has 0 aromatic carbocycles. The highest BCUT2D eigenvalue weighted by Gasteiger charge is 2.37. The van der Waals surface area contributed by atoms with E-state index < -0.39 is 18.8 Å². The normalized spacial score (nSPS) is 13.8. The molecule has 10 heteroatoms. The maximum absolute atomic E-state index is 12.1. The Bertz CT molecular complexity index is 557. The molecule has 2 rings (SSSR count). The van der Waals surface area contributed by atoms with E-state index in [2.05, 4.69) is 20.4 Å². The van der Waals surface area contributed by atoms with Crippen molar-refractivity contribution >= 4 is 23.2 Å². The molecule has 2 N–H and O–H groups in total. The lowest BCUT2D eigenvalue weighted by Gasteiger charge is -2.15. The summed E-state index contributed by atoms with van der Waals surface area (Å²) in [7, 11) is 0. The molecular formula is C8H7ClF3N5O. The number of nitrogens with one attached hydrogen (secondary N) is 1. The van der Waals surface area contributed by atoms with Crippen molar-refractivity contribution in [3.8, 4) is 0 Å². The van der Waals surface area contributed by atoms with E-state index in [0.29, 0.717) is 0 Å². The maximum Gasteiger partial charge on any atom is 0.416 e. The van der Waals surface area contributed by atoms with Crippen molar-refractivity contribution in [3.63, 3.8) is 0 Å². The largest absolute Gasteiger partial charge is 0.416 e. The number of hydrogen-bond acceptors (Lipinski definition) is 5. The summed E-state index contributed by atoms with van der Waals surface area (Å²) in [6, 6.07) is 1.28. The Hall–Kier alpha value is -1.61. The first-order valence-electron chi connectivity index (χ1n) is 4.73. The highest BCUT2D eigenvalue weighted by Crippen LogP contribution is 2.21. The average Bonchev–Trinajstić information content (AvgIpc) is 2.71. The van der Waals surface area contributed by atoms with Gasteiger partial charge in [-0.1, -0.05) is 11.6 Å². The second kappa shape index (κ2) is 4.58. The standard InChI is InChI=1S/C8H7ClF3N5O/c9-5-1-6(13-2-4(18)8(10,11)12)17-7(16-5)14-3-15-17/h1,3-4,13,18H,2H2. The van der Waals surface area contributed by atoms with Crippen LogP contribution in [0.2, 0.25) is 5.15 Å². The third-order valence-corrected chi connectivity index (χ3v) is 2.27. The molecule has 2 aromatic heterocycles. The van der Waals surface area contributed by atoms with E-state index in [0.717, 1.165) is 0 Å². The first-order valence-corrected chi connectivity index (χ1v) is 5.10. The van der Waals surface area contributed by atoms with Gasteiger partial charge in [-0.25, -0.2) is 0 Å². The van der Waals surface area contributed by atoms with Crippen molar-refractivity contribution in [1.29, 1.82) is 0 Å². The van der Waals surface area contributed by atoms with Gasteiger partial charge in [0.05, 0.1) is 6.54 Å². The average molecular weight is 282 g/mol. The van der Waals surface area contributed by atoms with Crippen molar-refractivity contribution in [3.05, 3.63) is 17.5 Å². The zero-order valence-corrected chi connectivity index (χ0v) is 9.44. The summed E-state index contributed by atoms with van der Waals surface area (Å²) in [4.78, 5) is 7.55. The minimum Gasteiger partial charge on any atom is -0.382 e. The summed E-state index contributed by atoms with van der Waals surface area (Å²) in [6.45, 7) is -0.723. The van der Waals surface area contributed by atoms with Crippen LogP contribution in [0, 0.1) is 0 Å². The van der Waals surface area contributed by atoms with E-state index in [9.17, 15) is 13.2 Å². The van der Waals surface area contributed by atoms with Crippen LogP contribution in [0.3, 0.4) is 0 Å². The van der Waals surface area contributed by atoms with Crippen LogP contribution in [0.15, 0.2) is 12.4 Å². The van der Waals surface area contributed by atoms with Crippen LogP contribution in [0.5, 0.6) is 0 Å². The van der Waals surface area contributed by atoms with Gasteiger partial charge in [-0.3, -0.25) is 0 Å². The number of nitrogens with zero attached hydrogens (tertiary/aromatic N) is 4. The smallest absolute Gasteiger partial charge is 0.382 e. The van der Waals surface area contributed by atoms with Crippen LogP contribution in [-0.2, 0) is 0 Å². The predicted octanol–water partition coefficient (Wildman–Crippen LogP) is 1.11. The number of halogens is 4. The zero-order valence-electron chi connectivity index (χ0n) is 8.69. The molecule has 0 aliphatic heterocycles. The fourth-order valence-corrected chi connectivity index (χ4v) is 1.41. The molecule has 0 spiro atoms. The van der Waals surface area contributed by atoms with Gasteiger partial charge in [0.25, 0.3) is 5.78 Å². The topological polar surface area (TPSA) is 75.3 Å². The van der Waals surface area contributed by atoms with Crippen molar-refractivity contribution in [2.75, 3.05) is 11.9 Å². The van der Waals surface area contributed by atoms with E-state index in [1.165, 1.54) is 16.9 Å². The molecule has 0 aliphatic carbocycles. The number of aliphatic hydroxyl groups excluding tert-OH is 1. The highest BCUT2D eigenvalue weighted by atomic mass is 35.5. The number of anilines is 1. The van der Waals surface area contributed by atoms with Crippen LogP contribution in [-0.4, -0.2) is 43.5 Å². The van der Waals surface area contributed by atoms with Crippen LogP contribution in [0.4, 0.5) is 19.0 Å². The molecular weight excluding hydrogens is 275 g/mol. The lowest BCUT2D eigenvalue weighted by atomic mass is 10.3. The Morgan fingerprint density at radius 3 is 2.89 bits per heavy atom. The Balaban J connectivity index is 2.19. The van der Waals surface area contributed by atoms with Crippen LogP contribution >= 0.6 is 11.6 Å². The van der Waals surface area contributed by atoms with Crippen molar-refractivity contribution in [1.82, 2.24) is 19.6 Å². The van der Waals surface area contributed by atoms with Gasteiger partial charge in [0.2, 0.25) is 0 Å². The SMILES string of the molecule is OC(CNc1cc(Cl)nc2ncnn12)C(F)(F)F. The molecule has 0 saturated carbocycles. The van der Waals surface area contributed by atoms with Gasteiger partial charge in [0, 0.05) is 6.07 Å². The molecule has 98 valence electrons. The fourth-order valence-electron chi connectivity index (χ4n) is 1.23. The monoisotopic (exact) mass is 281 g/mol. The summed E-state index contributed by atoms with van der Waals surface area (Å²) in [5.41, 5.74) is 0. The first-order chi connectivity index (χ1) is 8.38. The molecule has 0 bridgehead atoms. The molecule has 0 saturated heterocycles. The summed E-state index contributed by atoms with van der Waals surface area (Å²) < 4.78 is 37.5. The van der Waals surface area contributed by atoms with Gasteiger partial charge in [0.15, 0.2) is 6.10 Å². The molecule has 2 heterocycles. The minimum absolute atomic E-state index is 0.0551. The second-order valence-electron chi connectivity index (χ2n) is 3.37. The van der Waals surface area contributed by atoms with Crippen LogP contribution < -0.4 is 5.32 Å². The predicted molar refractivity (Wildman–Crippen MR) is 56.3 cm³/mol. The lowest BCUT2D eigenvalue weighted by molar-refractivity contribution is -0.198. The number of aliphatic hydroxyl groups is 1. The van der Waals surface area contributed by atoms with Gasteiger partial charge in [-0.15, -0.1) is 0 Å². The highest BCUT2D eigenvalue weighted by molar-refractivity contribution is 6.29. The summed E-state index contributed by atoms with van der Waals surface area (Å²) in [5.74, 6) is 0.303. The molecule has 2 aromatic rings.